The van der Waals surface area contributed by atoms with Gasteiger partial charge in [0.1, 0.15) is 0 Å². The van der Waals surface area contributed by atoms with Gasteiger partial charge in [0, 0.05) is 12.6 Å². The molecule has 0 aliphatic carbocycles. The Balaban J connectivity index is 2.15. The average molecular weight is 373 g/mol. The van der Waals surface area contributed by atoms with Crippen LogP contribution in [-0.2, 0) is 17.5 Å². The quantitative estimate of drug-likeness (QED) is 0.595. The first-order chi connectivity index (χ1) is 12.1. The molecule has 0 aromatic heterocycles. The topological polar surface area (TPSA) is 29.1 Å². The molecule has 0 atom stereocenters. The third-order valence-electron chi connectivity index (χ3n) is 3.39. The molecule has 138 valence electrons. The molecule has 1 amide bonds. The van der Waals surface area contributed by atoms with Crippen LogP contribution in [0.25, 0.3) is 5.57 Å². The highest BCUT2D eigenvalue weighted by molar-refractivity contribution is 5.96. The molecular formula is C18H13F6NO. The number of nitrogens with one attached hydrogen (secondary N) is 1. The second-order valence-electron chi connectivity index (χ2n) is 5.34. The van der Waals surface area contributed by atoms with Crippen molar-refractivity contribution in [2.75, 3.05) is 0 Å². The van der Waals surface area contributed by atoms with Gasteiger partial charge in [0.2, 0.25) is 5.91 Å². The van der Waals surface area contributed by atoms with Gasteiger partial charge in [-0.3, -0.25) is 4.79 Å². The molecule has 0 saturated carbocycles. The summed E-state index contributed by atoms with van der Waals surface area (Å²) in [5.41, 5.74) is -2.11. The first-order valence-electron chi connectivity index (χ1n) is 7.35. The molecule has 0 spiro atoms. The molecule has 0 saturated heterocycles. The van der Waals surface area contributed by atoms with Crippen LogP contribution in [0.4, 0.5) is 26.3 Å². The maximum atomic E-state index is 13.1. The van der Waals surface area contributed by atoms with Crippen LogP contribution in [0.3, 0.4) is 0 Å². The van der Waals surface area contributed by atoms with E-state index in [0.717, 1.165) is 18.2 Å². The Bertz CT molecular complexity index is 793. The number of rotatable bonds is 4. The Hall–Kier alpha value is -2.77. The van der Waals surface area contributed by atoms with E-state index in [1.165, 1.54) is 36.4 Å². The molecule has 8 heteroatoms. The van der Waals surface area contributed by atoms with E-state index in [9.17, 15) is 31.1 Å². The molecular weight excluding hydrogens is 360 g/mol. The van der Waals surface area contributed by atoms with Gasteiger partial charge in [-0.25, -0.2) is 0 Å². The number of hydrogen-bond donors (Lipinski definition) is 1. The van der Waals surface area contributed by atoms with Crippen molar-refractivity contribution >= 4 is 11.5 Å². The van der Waals surface area contributed by atoms with Crippen molar-refractivity contribution < 1.29 is 31.1 Å². The van der Waals surface area contributed by atoms with Crippen molar-refractivity contribution in [2.24, 2.45) is 0 Å². The third kappa shape index (κ3) is 5.37. The number of benzene rings is 2. The summed E-state index contributed by atoms with van der Waals surface area (Å²) in [6.07, 6.45) is -8.91. The SMILES string of the molecule is O=C(/C=C(\c1ccccc1)C(F)(F)F)NCc1cccc(C(F)(F)F)c1. The average Bonchev–Trinajstić information content (AvgIpc) is 2.57. The zero-order chi connectivity index (χ0) is 19.4. The van der Waals surface area contributed by atoms with E-state index in [1.54, 1.807) is 0 Å². The molecule has 1 N–H and O–H groups in total. The van der Waals surface area contributed by atoms with Gasteiger partial charge in [-0.1, -0.05) is 42.5 Å². The van der Waals surface area contributed by atoms with Gasteiger partial charge in [0.15, 0.2) is 0 Å². The van der Waals surface area contributed by atoms with Gasteiger partial charge >= 0.3 is 12.4 Å². The van der Waals surface area contributed by atoms with E-state index in [1.807, 2.05) is 0 Å². The molecule has 0 unspecified atom stereocenters. The second-order valence-corrected chi connectivity index (χ2v) is 5.34. The lowest BCUT2D eigenvalue weighted by Gasteiger charge is -2.12. The third-order valence-corrected chi connectivity index (χ3v) is 3.39. The van der Waals surface area contributed by atoms with Gasteiger partial charge < -0.3 is 5.32 Å². The van der Waals surface area contributed by atoms with Crippen LogP contribution in [0.1, 0.15) is 16.7 Å². The number of alkyl halides is 6. The fraction of sp³-hybridized carbons (Fsp3) is 0.167. The lowest BCUT2D eigenvalue weighted by molar-refractivity contribution is -0.137. The highest BCUT2D eigenvalue weighted by atomic mass is 19.4. The van der Waals surface area contributed by atoms with Gasteiger partial charge in [-0.15, -0.1) is 0 Å². The number of carbonyl (C=O) groups is 1. The maximum absolute atomic E-state index is 13.1. The first-order valence-corrected chi connectivity index (χ1v) is 7.35. The van der Waals surface area contributed by atoms with Crippen molar-refractivity contribution in [3.8, 4) is 0 Å². The smallest absolute Gasteiger partial charge is 0.348 e. The highest BCUT2D eigenvalue weighted by Crippen LogP contribution is 2.33. The Morgan fingerprint density at radius 2 is 1.58 bits per heavy atom. The van der Waals surface area contributed by atoms with Crippen LogP contribution in [0, 0.1) is 0 Å². The molecule has 26 heavy (non-hydrogen) atoms. The zero-order valence-electron chi connectivity index (χ0n) is 13.2. The second kappa shape index (κ2) is 7.63. The summed E-state index contributed by atoms with van der Waals surface area (Å²) >= 11 is 0. The minimum absolute atomic E-state index is 0.120. The molecule has 0 fully saturated rings. The molecule has 2 aromatic rings. The predicted molar refractivity (Wildman–Crippen MR) is 83.8 cm³/mol. The van der Waals surface area contributed by atoms with Crippen LogP contribution in [0.15, 0.2) is 60.7 Å². The number of carbonyl (C=O) groups excluding carboxylic acids is 1. The molecule has 2 aromatic carbocycles. The predicted octanol–water partition coefficient (Wildman–Crippen LogP) is 4.97. The standard InChI is InChI=1S/C18H13F6NO/c19-17(20,21)14-8-4-5-12(9-14)11-25-16(26)10-15(18(22,23)24)13-6-2-1-3-7-13/h1-10H,11H2,(H,25,26)/b15-10+. The van der Waals surface area contributed by atoms with Gasteiger partial charge in [-0.05, 0) is 23.3 Å². The minimum atomic E-state index is -4.76. The largest absolute Gasteiger partial charge is 0.417 e. The Morgan fingerprint density at radius 3 is 2.15 bits per heavy atom. The van der Waals surface area contributed by atoms with E-state index >= 15 is 0 Å². The Kier molecular flexibility index (Phi) is 5.74. The fourth-order valence-electron chi connectivity index (χ4n) is 2.18. The Morgan fingerprint density at radius 1 is 0.923 bits per heavy atom. The first kappa shape index (κ1) is 19.6. The summed E-state index contributed by atoms with van der Waals surface area (Å²) in [5.74, 6) is -1.06. The van der Waals surface area contributed by atoms with Crippen LogP contribution in [0.5, 0.6) is 0 Å². The van der Waals surface area contributed by atoms with Crippen molar-refractivity contribution in [3.05, 3.63) is 77.4 Å². The summed E-state index contributed by atoms with van der Waals surface area (Å²) in [6, 6.07) is 10.9. The van der Waals surface area contributed by atoms with Gasteiger partial charge in [-0.2, -0.15) is 26.3 Å². The highest BCUT2D eigenvalue weighted by Gasteiger charge is 2.35. The summed E-state index contributed by atoms with van der Waals surface area (Å²) in [6.45, 7) is -0.334. The van der Waals surface area contributed by atoms with Crippen molar-refractivity contribution in [1.29, 1.82) is 0 Å². The van der Waals surface area contributed by atoms with E-state index in [2.05, 4.69) is 5.32 Å². The van der Waals surface area contributed by atoms with Crippen molar-refractivity contribution in [2.45, 2.75) is 18.9 Å². The van der Waals surface area contributed by atoms with Crippen molar-refractivity contribution in [3.63, 3.8) is 0 Å². The molecule has 2 nitrogen and oxygen atoms in total. The number of allylic oxidation sites excluding steroid dienone is 1. The zero-order valence-corrected chi connectivity index (χ0v) is 13.2. The summed E-state index contributed by atoms with van der Waals surface area (Å²) in [5, 5.41) is 2.17. The molecule has 0 heterocycles. The maximum Gasteiger partial charge on any atom is 0.417 e. The number of amides is 1. The molecule has 0 aliphatic rings. The van der Waals surface area contributed by atoms with E-state index in [-0.39, 0.29) is 17.7 Å². The molecule has 2 rings (SSSR count). The molecule has 0 radical (unpaired) electrons. The summed E-state index contributed by atoms with van der Waals surface area (Å²) in [7, 11) is 0. The van der Waals surface area contributed by atoms with Gasteiger partial charge in [0.25, 0.3) is 0 Å². The van der Waals surface area contributed by atoms with E-state index in [4.69, 9.17) is 0 Å². The van der Waals surface area contributed by atoms with Crippen LogP contribution >= 0.6 is 0 Å². The minimum Gasteiger partial charge on any atom is -0.348 e. The van der Waals surface area contributed by atoms with Crippen molar-refractivity contribution in [1.82, 2.24) is 5.32 Å². The summed E-state index contributed by atoms with van der Waals surface area (Å²) in [4.78, 5) is 11.8. The Labute approximate surface area is 145 Å². The monoisotopic (exact) mass is 373 g/mol. The van der Waals surface area contributed by atoms with Crippen LogP contribution in [0.2, 0.25) is 0 Å². The normalized spacial score (nSPS) is 12.8. The number of halogens is 6. The lowest BCUT2D eigenvalue weighted by atomic mass is 10.0. The molecule has 0 bridgehead atoms. The molecule has 0 aliphatic heterocycles. The fourth-order valence-corrected chi connectivity index (χ4v) is 2.18. The van der Waals surface area contributed by atoms with Gasteiger partial charge in [0.05, 0.1) is 11.1 Å². The van der Waals surface area contributed by atoms with E-state index < -0.39 is 29.4 Å². The lowest BCUT2D eigenvalue weighted by Crippen LogP contribution is -2.23. The summed E-state index contributed by atoms with van der Waals surface area (Å²) < 4.78 is 77.3. The number of hydrogen-bond acceptors (Lipinski definition) is 1. The van der Waals surface area contributed by atoms with Crippen LogP contribution in [-0.4, -0.2) is 12.1 Å². The van der Waals surface area contributed by atoms with Crippen LogP contribution < -0.4 is 5.32 Å². The van der Waals surface area contributed by atoms with E-state index in [0.29, 0.717) is 6.08 Å².